The summed E-state index contributed by atoms with van der Waals surface area (Å²) in [5, 5.41) is 0.795. The Morgan fingerprint density at radius 3 is 2.86 bits per heavy atom. The SMILES string of the molecule is Cc1nc2c(F)cccc2c(N2CCC(C(N)=O)C2)c1C. The molecule has 1 aliphatic rings. The van der Waals surface area contributed by atoms with Gasteiger partial charge >= 0.3 is 0 Å². The second-order valence-corrected chi connectivity index (χ2v) is 5.64. The van der Waals surface area contributed by atoms with Crippen molar-refractivity contribution in [1.82, 2.24) is 4.98 Å². The van der Waals surface area contributed by atoms with Gasteiger partial charge in [-0.25, -0.2) is 9.37 Å². The van der Waals surface area contributed by atoms with Gasteiger partial charge < -0.3 is 10.6 Å². The van der Waals surface area contributed by atoms with Crippen molar-refractivity contribution in [3.8, 4) is 0 Å². The van der Waals surface area contributed by atoms with Crippen LogP contribution in [0.1, 0.15) is 17.7 Å². The van der Waals surface area contributed by atoms with Crippen molar-refractivity contribution in [2.75, 3.05) is 18.0 Å². The quantitative estimate of drug-likeness (QED) is 0.922. The molecule has 0 bridgehead atoms. The summed E-state index contributed by atoms with van der Waals surface area (Å²) in [4.78, 5) is 17.9. The van der Waals surface area contributed by atoms with Crippen LogP contribution in [-0.4, -0.2) is 24.0 Å². The third-order valence-electron chi connectivity index (χ3n) is 4.33. The van der Waals surface area contributed by atoms with Gasteiger partial charge in [-0.3, -0.25) is 4.79 Å². The van der Waals surface area contributed by atoms with Crippen LogP contribution in [0.2, 0.25) is 0 Å². The highest BCUT2D eigenvalue weighted by molar-refractivity contribution is 5.94. The maximum Gasteiger partial charge on any atom is 0.222 e. The predicted octanol–water partition coefficient (Wildman–Crippen LogP) is 2.30. The molecule has 0 spiro atoms. The number of aromatic nitrogens is 1. The van der Waals surface area contributed by atoms with E-state index in [-0.39, 0.29) is 17.6 Å². The molecule has 0 aliphatic carbocycles. The molecule has 1 aromatic carbocycles. The second kappa shape index (κ2) is 4.98. The fourth-order valence-electron chi connectivity index (χ4n) is 3.05. The number of carbonyl (C=O) groups excluding carboxylic acids is 1. The average molecular weight is 287 g/mol. The fourth-order valence-corrected chi connectivity index (χ4v) is 3.05. The van der Waals surface area contributed by atoms with E-state index in [1.54, 1.807) is 6.07 Å². The number of rotatable bonds is 2. The number of hydrogen-bond donors (Lipinski definition) is 1. The summed E-state index contributed by atoms with van der Waals surface area (Å²) in [6.07, 6.45) is 0.743. The van der Waals surface area contributed by atoms with E-state index in [9.17, 15) is 9.18 Å². The van der Waals surface area contributed by atoms with Gasteiger partial charge in [-0.2, -0.15) is 0 Å². The molecule has 5 heteroatoms. The minimum Gasteiger partial charge on any atom is -0.370 e. The van der Waals surface area contributed by atoms with Gasteiger partial charge in [0.25, 0.3) is 0 Å². The number of benzene rings is 1. The lowest BCUT2D eigenvalue weighted by Gasteiger charge is -2.23. The van der Waals surface area contributed by atoms with Gasteiger partial charge in [0, 0.05) is 24.2 Å². The Kier molecular flexibility index (Phi) is 3.27. The van der Waals surface area contributed by atoms with Crippen molar-refractivity contribution in [1.29, 1.82) is 0 Å². The van der Waals surface area contributed by atoms with Crippen molar-refractivity contribution >= 4 is 22.5 Å². The number of fused-ring (bicyclic) bond motifs is 1. The van der Waals surface area contributed by atoms with Crippen LogP contribution in [0.4, 0.5) is 10.1 Å². The highest BCUT2D eigenvalue weighted by atomic mass is 19.1. The normalized spacial score (nSPS) is 18.4. The molecule has 2 aromatic rings. The van der Waals surface area contributed by atoms with E-state index in [2.05, 4.69) is 9.88 Å². The molecule has 0 saturated carbocycles. The van der Waals surface area contributed by atoms with Crippen molar-refractivity contribution in [3.63, 3.8) is 0 Å². The van der Waals surface area contributed by atoms with Crippen LogP contribution in [-0.2, 0) is 4.79 Å². The van der Waals surface area contributed by atoms with Crippen LogP contribution in [0, 0.1) is 25.6 Å². The van der Waals surface area contributed by atoms with E-state index in [0.717, 1.165) is 35.3 Å². The van der Waals surface area contributed by atoms with Crippen LogP contribution in [0.25, 0.3) is 10.9 Å². The first-order valence-corrected chi connectivity index (χ1v) is 7.08. The lowest BCUT2D eigenvalue weighted by atomic mass is 10.1. The van der Waals surface area contributed by atoms with E-state index in [0.29, 0.717) is 12.1 Å². The van der Waals surface area contributed by atoms with Crippen LogP contribution >= 0.6 is 0 Å². The fraction of sp³-hybridized carbons (Fsp3) is 0.375. The van der Waals surface area contributed by atoms with E-state index < -0.39 is 0 Å². The average Bonchev–Trinajstić information content (AvgIpc) is 2.91. The topological polar surface area (TPSA) is 59.2 Å². The first kappa shape index (κ1) is 13.8. The highest BCUT2D eigenvalue weighted by Crippen LogP contribution is 2.35. The number of para-hydroxylation sites is 1. The smallest absolute Gasteiger partial charge is 0.222 e. The number of carbonyl (C=O) groups is 1. The third-order valence-corrected chi connectivity index (χ3v) is 4.33. The Balaban J connectivity index is 2.16. The first-order valence-electron chi connectivity index (χ1n) is 7.08. The summed E-state index contributed by atoms with van der Waals surface area (Å²) < 4.78 is 14.0. The first-order chi connectivity index (χ1) is 9.99. The van der Waals surface area contributed by atoms with Gasteiger partial charge in [0.1, 0.15) is 11.3 Å². The van der Waals surface area contributed by atoms with Gasteiger partial charge in [0.15, 0.2) is 0 Å². The zero-order valence-electron chi connectivity index (χ0n) is 12.2. The molecule has 2 heterocycles. The Hall–Kier alpha value is -2.17. The maximum absolute atomic E-state index is 14.0. The zero-order valence-corrected chi connectivity index (χ0v) is 12.2. The molecule has 0 radical (unpaired) electrons. The molecule has 4 nitrogen and oxygen atoms in total. The number of anilines is 1. The summed E-state index contributed by atoms with van der Waals surface area (Å²) in [5.74, 6) is -0.722. The molecule has 1 atom stereocenters. The van der Waals surface area contributed by atoms with Crippen molar-refractivity contribution in [2.24, 2.45) is 11.7 Å². The van der Waals surface area contributed by atoms with Gasteiger partial charge in [-0.05, 0) is 31.9 Å². The molecule has 21 heavy (non-hydrogen) atoms. The van der Waals surface area contributed by atoms with Crippen LogP contribution in [0.3, 0.4) is 0 Å². The number of nitrogens with zero attached hydrogens (tertiary/aromatic N) is 2. The van der Waals surface area contributed by atoms with Crippen molar-refractivity contribution < 1.29 is 9.18 Å². The van der Waals surface area contributed by atoms with Crippen molar-refractivity contribution in [3.05, 3.63) is 35.3 Å². The monoisotopic (exact) mass is 287 g/mol. The molecular weight excluding hydrogens is 269 g/mol. The molecule has 1 aromatic heterocycles. The van der Waals surface area contributed by atoms with Gasteiger partial charge in [0.05, 0.1) is 11.6 Å². The third kappa shape index (κ3) is 2.22. The summed E-state index contributed by atoms with van der Waals surface area (Å²) in [5.41, 5.74) is 8.60. The summed E-state index contributed by atoms with van der Waals surface area (Å²) in [6, 6.07) is 4.99. The number of hydrogen-bond acceptors (Lipinski definition) is 3. The molecular formula is C16H18FN3O. The van der Waals surface area contributed by atoms with E-state index in [4.69, 9.17) is 5.73 Å². The molecule has 1 fully saturated rings. The number of aryl methyl sites for hydroxylation is 1. The largest absolute Gasteiger partial charge is 0.370 e. The number of primary amides is 1. The Labute approximate surface area is 122 Å². The van der Waals surface area contributed by atoms with Gasteiger partial charge in [0.2, 0.25) is 5.91 Å². The molecule has 1 saturated heterocycles. The van der Waals surface area contributed by atoms with Crippen LogP contribution < -0.4 is 10.6 Å². The van der Waals surface area contributed by atoms with Crippen LogP contribution in [0.15, 0.2) is 18.2 Å². The lowest BCUT2D eigenvalue weighted by molar-refractivity contribution is -0.121. The number of pyridine rings is 1. The standard InChI is InChI=1S/C16H18FN3O/c1-9-10(2)19-14-12(4-3-5-13(14)17)15(9)20-7-6-11(8-20)16(18)21/h3-5,11H,6-8H2,1-2H3,(H2,18,21). The summed E-state index contributed by atoms with van der Waals surface area (Å²) >= 11 is 0. The van der Waals surface area contributed by atoms with Crippen molar-refractivity contribution in [2.45, 2.75) is 20.3 Å². The summed E-state index contributed by atoms with van der Waals surface area (Å²) in [6.45, 7) is 5.21. The maximum atomic E-state index is 14.0. The zero-order chi connectivity index (χ0) is 15.1. The van der Waals surface area contributed by atoms with Gasteiger partial charge in [-0.15, -0.1) is 0 Å². The predicted molar refractivity (Wildman–Crippen MR) is 80.7 cm³/mol. The number of halogens is 1. The minimum absolute atomic E-state index is 0.138. The molecule has 110 valence electrons. The Bertz CT molecular complexity index is 729. The molecule has 3 rings (SSSR count). The Morgan fingerprint density at radius 2 is 2.19 bits per heavy atom. The molecule has 1 aliphatic heterocycles. The van der Waals surface area contributed by atoms with E-state index >= 15 is 0 Å². The van der Waals surface area contributed by atoms with Gasteiger partial charge in [-0.1, -0.05) is 12.1 Å². The lowest BCUT2D eigenvalue weighted by Crippen LogP contribution is -2.28. The number of nitrogens with two attached hydrogens (primary N) is 1. The molecule has 1 amide bonds. The highest BCUT2D eigenvalue weighted by Gasteiger charge is 2.29. The number of amides is 1. The second-order valence-electron chi connectivity index (χ2n) is 5.64. The minimum atomic E-state index is -0.317. The van der Waals surface area contributed by atoms with E-state index in [1.165, 1.54) is 6.07 Å². The Morgan fingerprint density at radius 1 is 1.43 bits per heavy atom. The molecule has 2 N–H and O–H groups in total. The van der Waals surface area contributed by atoms with Crippen LogP contribution in [0.5, 0.6) is 0 Å². The molecule has 1 unspecified atom stereocenters. The summed E-state index contributed by atoms with van der Waals surface area (Å²) in [7, 11) is 0. The van der Waals surface area contributed by atoms with E-state index in [1.807, 2.05) is 19.9 Å².